The summed E-state index contributed by atoms with van der Waals surface area (Å²) in [6.45, 7) is 6.51. The Kier molecular flexibility index (Phi) is 2.22. The third-order valence-corrected chi connectivity index (χ3v) is 2.38. The topological polar surface area (TPSA) is 44.0 Å². The SMILES string of the molecule is C[C@@H]1CN(c2cnc[nH]2)C[C@H](C)N1. The highest BCUT2D eigenvalue weighted by Gasteiger charge is 2.21. The fourth-order valence-corrected chi connectivity index (χ4v) is 1.94. The highest BCUT2D eigenvalue weighted by molar-refractivity contribution is 5.36. The largest absolute Gasteiger partial charge is 0.354 e. The lowest BCUT2D eigenvalue weighted by molar-refractivity contribution is 0.405. The van der Waals surface area contributed by atoms with E-state index in [1.165, 1.54) is 0 Å². The van der Waals surface area contributed by atoms with Gasteiger partial charge in [0.1, 0.15) is 5.82 Å². The molecule has 0 aromatic carbocycles. The minimum atomic E-state index is 0.548. The lowest BCUT2D eigenvalue weighted by atomic mass is 10.1. The zero-order valence-corrected chi connectivity index (χ0v) is 8.12. The molecule has 1 fully saturated rings. The first-order chi connectivity index (χ1) is 6.25. The average molecular weight is 180 g/mol. The molecule has 1 aliphatic heterocycles. The van der Waals surface area contributed by atoms with Crippen LogP contribution in [0.15, 0.2) is 12.5 Å². The van der Waals surface area contributed by atoms with E-state index in [0.29, 0.717) is 12.1 Å². The van der Waals surface area contributed by atoms with Gasteiger partial charge in [0.25, 0.3) is 0 Å². The second-order valence-electron chi connectivity index (χ2n) is 3.81. The van der Waals surface area contributed by atoms with Crippen molar-refractivity contribution in [3.8, 4) is 0 Å². The number of hydrogen-bond acceptors (Lipinski definition) is 3. The maximum Gasteiger partial charge on any atom is 0.125 e. The van der Waals surface area contributed by atoms with Gasteiger partial charge in [-0.15, -0.1) is 0 Å². The molecule has 2 heterocycles. The summed E-state index contributed by atoms with van der Waals surface area (Å²) in [7, 11) is 0. The van der Waals surface area contributed by atoms with Crippen molar-refractivity contribution in [1.82, 2.24) is 15.3 Å². The molecule has 4 nitrogen and oxygen atoms in total. The standard InChI is InChI=1S/C9H16N4/c1-7-4-13(5-8(2)12-7)9-3-10-6-11-9/h3,6-8,12H,4-5H2,1-2H3,(H,10,11)/t7-,8+. The Morgan fingerprint density at radius 2 is 2.08 bits per heavy atom. The number of nitrogens with zero attached hydrogens (tertiary/aromatic N) is 2. The van der Waals surface area contributed by atoms with E-state index < -0.39 is 0 Å². The van der Waals surface area contributed by atoms with E-state index in [-0.39, 0.29) is 0 Å². The Morgan fingerprint density at radius 1 is 1.38 bits per heavy atom. The number of hydrogen-bond donors (Lipinski definition) is 2. The summed E-state index contributed by atoms with van der Waals surface area (Å²) in [6, 6.07) is 1.10. The summed E-state index contributed by atoms with van der Waals surface area (Å²) < 4.78 is 0. The van der Waals surface area contributed by atoms with Crippen LogP contribution in [-0.4, -0.2) is 35.1 Å². The van der Waals surface area contributed by atoms with Crippen LogP contribution in [0.5, 0.6) is 0 Å². The fourth-order valence-electron chi connectivity index (χ4n) is 1.94. The summed E-state index contributed by atoms with van der Waals surface area (Å²) in [5.74, 6) is 1.13. The number of aromatic amines is 1. The number of H-pyrrole nitrogens is 1. The third-order valence-electron chi connectivity index (χ3n) is 2.38. The average Bonchev–Trinajstić information content (AvgIpc) is 2.53. The number of anilines is 1. The second kappa shape index (κ2) is 3.38. The minimum Gasteiger partial charge on any atom is -0.354 e. The molecule has 1 aromatic heterocycles. The molecule has 0 unspecified atom stereocenters. The van der Waals surface area contributed by atoms with Gasteiger partial charge < -0.3 is 15.2 Å². The number of piperazine rings is 1. The first-order valence-electron chi connectivity index (χ1n) is 4.75. The summed E-state index contributed by atoms with van der Waals surface area (Å²) in [5, 5.41) is 3.50. The van der Waals surface area contributed by atoms with E-state index in [9.17, 15) is 0 Å². The van der Waals surface area contributed by atoms with E-state index in [4.69, 9.17) is 0 Å². The Hall–Kier alpha value is -1.03. The van der Waals surface area contributed by atoms with Gasteiger partial charge in [0, 0.05) is 25.2 Å². The Labute approximate surface area is 78.4 Å². The summed E-state index contributed by atoms with van der Waals surface area (Å²) in [4.78, 5) is 9.50. The predicted molar refractivity (Wildman–Crippen MR) is 52.9 cm³/mol. The van der Waals surface area contributed by atoms with E-state index in [2.05, 4.69) is 34.0 Å². The van der Waals surface area contributed by atoms with E-state index in [0.717, 1.165) is 18.9 Å². The lowest BCUT2D eigenvalue weighted by Gasteiger charge is -2.36. The molecule has 0 radical (unpaired) electrons. The zero-order chi connectivity index (χ0) is 9.26. The molecule has 0 saturated carbocycles. The number of nitrogens with one attached hydrogen (secondary N) is 2. The predicted octanol–water partition coefficient (Wildman–Crippen LogP) is 0.596. The van der Waals surface area contributed by atoms with Crippen molar-refractivity contribution in [3.63, 3.8) is 0 Å². The summed E-state index contributed by atoms with van der Waals surface area (Å²) in [5.41, 5.74) is 0. The van der Waals surface area contributed by atoms with Crippen LogP contribution in [-0.2, 0) is 0 Å². The maximum absolute atomic E-state index is 4.03. The van der Waals surface area contributed by atoms with Gasteiger partial charge in [-0.3, -0.25) is 0 Å². The van der Waals surface area contributed by atoms with Crippen molar-refractivity contribution in [1.29, 1.82) is 0 Å². The Bertz CT molecular complexity index is 247. The monoisotopic (exact) mass is 180 g/mol. The van der Waals surface area contributed by atoms with Gasteiger partial charge >= 0.3 is 0 Å². The van der Waals surface area contributed by atoms with Gasteiger partial charge in [-0.25, -0.2) is 4.98 Å². The van der Waals surface area contributed by atoms with Gasteiger partial charge in [-0.05, 0) is 13.8 Å². The molecule has 4 heteroatoms. The van der Waals surface area contributed by atoms with Crippen LogP contribution >= 0.6 is 0 Å². The van der Waals surface area contributed by atoms with Crippen LogP contribution in [0.1, 0.15) is 13.8 Å². The molecule has 0 bridgehead atoms. The summed E-state index contributed by atoms with van der Waals surface area (Å²) in [6.07, 6.45) is 3.61. The van der Waals surface area contributed by atoms with Gasteiger partial charge in [-0.2, -0.15) is 0 Å². The minimum absolute atomic E-state index is 0.548. The van der Waals surface area contributed by atoms with Crippen molar-refractivity contribution >= 4 is 5.82 Å². The van der Waals surface area contributed by atoms with Crippen LogP contribution in [0.2, 0.25) is 0 Å². The molecule has 72 valence electrons. The third kappa shape index (κ3) is 1.83. The highest BCUT2D eigenvalue weighted by Crippen LogP contribution is 2.13. The van der Waals surface area contributed by atoms with E-state index >= 15 is 0 Å². The fraction of sp³-hybridized carbons (Fsp3) is 0.667. The molecule has 1 aromatic rings. The molecule has 2 rings (SSSR count). The smallest absolute Gasteiger partial charge is 0.125 e. The molecule has 13 heavy (non-hydrogen) atoms. The van der Waals surface area contributed by atoms with Crippen molar-refractivity contribution in [3.05, 3.63) is 12.5 Å². The highest BCUT2D eigenvalue weighted by atomic mass is 15.3. The van der Waals surface area contributed by atoms with Gasteiger partial charge in [0.15, 0.2) is 0 Å². The van der Waals surface area contributed by atoms with Crippen LogP contribution in [0, 0.1) is 0 Å². The van der Waals surface area contributed by atoms with E-state index in [1.54, 1.807) is 6.33 Å². The quantitative estimate of drug-likeness (QED) is 0.665. The first-order valence-corrected chi connectivity index (χ1v) is 4.75. The van der Waals surface area contributed by atoms with Crippen LogP contribution in [0.4, 0.5) is 5.82 Å². The molecule has 2 atom stereocenters. The molecular weight excluding hydrogens is 164 g/mol. The number of aromatic nitrogens is 2. The molecule has 1 saturated heterocycles. The molecular formula is C9H16N4. The Balaban J connectivity index is 2.07. The molecule has 1 aliphatic rings. The molecule has 0 aliphatic carbocycles. The number of rotatable bonds is 1. The molecule has 2 N–H and O–H groups in total. The molecule has 0 amide bonds. The molecule has 0 spiro atoms. The van der Waals surface area contributed by atoms with Gasteiger partial charge in [-0.1, -0.05) is 0 Å². The number of imidazole rings is 1. The van der Waals surface area contributed by atoms with Crippen LogP contribution < -0.4 is 10.2 Å². The van der Waals surface area contributed by atoms with Crippen molar-refractivity contribution in [2.75, 3.05) is 18.0 Å². The normalized spacial score (nSPS) is 29.2. The second-order valence-corrected chi connectivity index (χ2v) is 3.81. The van der Waals surface area contributed by atoms with Crippen molar-refractivity contribution < 1.29 is 0 Å². The van der Waals surface area contributed by atoms with E-state index in [1.807, 2.05) is 6.20 Å². The van der Waals surface area contributed by atoms with Crippen molar-refractivity contribution in [2.45, 2.75) is 25.9 Å². The first kappa shape index (κ1) is 8.56. The van der Waals surface area contributed by atoms with Gasteiger partial charge in [0.2, 0.25) is 0 Å². The summed E-state index contributed by atoms with van der Waals surface area (Å²) >= 11 is 0. The zero-order valence-electron chi connectivity index (χ0n) is 8.12. The lowest BCUT2D eigenvalue weighted by Crippen LogP contribution is -2.54. The Morgan fingerprint density at radius 3 is 2.62 bits per heavy atom. The van der Waals surface area contributed by atoms with Crippen molar-refractivity contribution in [2.24, 2.45) is 0 Å². The van der Waals surface area contributed by atoms with Crippen LogP contribution in [0.3, 0.4) is 0 Å². The maximum atomic E-state index is 4.03. The van der Waals surface area contributed by atoms with Crippen LogP contribution in [0.25, 0.3) is 0 Å². The van der Waals surface area contributed by atoms with Gasteiger partial charge in [0.05, 0.1) is 12.5 Å².